The highest BCUT2D eigenvalue weighted by Gasteiger charge is 2.29. The molecule has 39 heavy (non-hydrogen) atoms. The number of hydrogen-bond acceptors (Lipinski definition) is 9. The summed E-state index contributed by atoms with van der Waals surface area (Å²) in [5, 5.41) is 17.8. The molecular weight excluding hydrogens is 518 g/mol. The van der Waals surface area contributed by atoms with Crippen LogP contribution in [0.25, 0.3) is 0 Å². The molecule has 0 bridgehead atoms. The van der Waals surface area contributed by atoms with E-state index in [1.165, 1.54) is 11.1 Å². The number of nitrogens with one attached hydrogen (secondary N) is 3. The molecule has 4 aromatic rings. The third kappa shape index (κ3) is 5.88. The fourth-order valence-electron chi connectivity index (χ4n) is 4.74. The number of rotatable bonds is 7. The largest absolute Gasteiger partial charge is 0.334 e. The number of aromatic amines is 1. The molecule has 0 saturated carbocycles. The summed E-state index contributed by atoms with van der Waals surface area (Å²) >= 11 is 6.31. The number of aryl methyl sites for hydroxylation is 3. The van der Waals surface area contributed by atoms with Crippen LogP contribution in [0, 0.1) is 20.8 Å². The van der Waals surface area contributed by atoms with Gasteiger partial charge in [0.25, 0.3) is 0 Å². The summed E-state index contributed by atoms with van der Waals surface area (Å²) in [6, 6.07) is 6.20. The summed E-state index contributed by atoms with van der Waals surface area (Å²) in [4.78, 5) is 27.8. The minimum atomic E-state index is -0.195. The lowest BCUT2D eigenvalue weighted by atomic mass is 9.85. The van der Waals surface area contributed by atoms with Gasteiger partial charge in [0, 0.05) is 36.5 Å². The smallest absolute Gasteiger partial charge is 0.316 e. The van der Waals surface area contributed by atoms with Crippen molar-refractivity contribution in [2.45, 2.75) is 59.3 Å². The number of anilines is 4. The molecule has 3 N–H and O–H groups in total. The molecular formula is C27H32ClN9O2. The van der Waals surface area contributed by atoms with Crippen molar-refractivity contribution in [3.8, 4) is 0 Å². The molecule has 1 aliphatic heterocycles. The third-order valence-corrected chi connectivity index (χ3v) is 7.20. The number of carbonyl (C=O) groups excluding carboxylic acids is 1. The lowest BCUT2D eigenvalue weighted by molar-refractivity contribution is 0.0662. The SMILES string of the molecule is Cc1cc(Nc2nc(Nc3cc(C)c(C4CCN(C(=O)c5nc(C(C)C)no5)CC4)cc3C)ncc2Cl)n[nH]1. The summed E-state index contributed by atoms with van der Waals surface area (Å²) in [5.41, 5.74) is 5.39. The molecule has 1 amide bonds. The topological polar surface area (TPSA) is 138 Å². The van der Waals surface area contributed by atoms with Crippen molar-refractivity contribution in [2.75, 3.05) is 23.7 Å². The van der Waals surface area contributed by atoms with Gasteiger partial charge < -0.3 is 20.1 Å². The number of halogens is 1. The van der Waals surface area contributed by atoms with Gasteiger partial charge in [-0.15, -0.1) is 0 Å². The Labute approximate surface area is 231 Å². The van der Waals surface area contributed by atoms with Gasteiger partial charge in [-0.05, 0) is 62.3 Å². The summed E-state index contributed by atoms with van der Waals surface area (Å²) in [5.74, 6) is 2.42. The van der Waals surface area contributed by atoms with E-state index in [0.717, 1.165) is 29.8 Å². The highest BCUT2D eigenvalue weighted by Crippen LogP contribution is 2.34. The Morgan fingerprint density at radius 1 is 1.10 bits per heavy atom. The Morgan fingerprint density at radius 3 is 2.54 bits per heavy atom. The molecule has 12 heteroatoms. The highest BCUT2D eigenvalue weighted by molar-refractivity contribution is 6.32. The Morgan fingerprint density at radius 2 is 1.87 bits per heavy atom. The summed E-state index contributed by atoms with van der Waals surface area (Å²) in [6.07, 6.45) is 3.29. The molecule has 4 heterocycles. The van der Waals surface area contributed by atoms with Crippen LogP contribution in [0.2, 0.25) is 5.02 Å². The standard InChI is InChI=1S/C27H32ClN9O2/c1-14(2)23-32-25(39-36-23)26(38)37-8-6-18(7-9-37)19-10-16(4)21(11-15(19)3)30-27-29-13-20(28)24(33-27)31-22-12-17(5)34-35-22/h10-14,18H,6-9H2,1-5H3,(H3,29,30,31,33,34,35). The van der Waals surface area contributed by atoms with Gasteiger partial charge in [-0.25, -0.2) is 4.98 Å². The van der Waals surface area contributed by atoms with E-state index in [9.17, 15) is 4.79 Å². The average molecular weight is 550 g/mol. The number of H-pyrrole nitrogens is 1. The van der Waals surface area contributed by atoms with Gasteiger partial charge >= 0.3 is 11.8 Å². The van der Waals surface area contributed by atoms with E-state index in [4.69, 9.17) is 16.1 Å². The molecule has 11 nitrogen and oxygen atoms in total. The number of amides is 1. The van der Waals surface area contributed by atoms with Gasteiger partial charge in [-0.2, -0.15) is 15.1 Å². The lowest BCUT2D eigenvalue weighted by Crippen LogP contribution is -2.38. The first-order valence-electron chi connectivity index (χ1n) is 13.0. The van der Waals surface area contributed by atoms with E-state index in [1.807, 2.05) is 26.8 Å². The van der Waals surface area contributed by atoms with Crippen LogP contribution in [0.3, 0.4) is 0 Å². The molecule has 0 spiro atoms. The molecule has 5 rings (SSSR count). The Bertz CT molecular complexity index is 1490. The van der Waals surface area contributed by atoms with Gasteiger partial charge in [0.1, 0.15) is 5.02 Å². The first-order chi connectivity index (χ1) is 18.7. The predicted molar refractivity (Wildman–Crippen MR) is 149 cm³/mol. The molecule has 204 valence electrons. The normalized spacial score (nSPS) is 14.2. The maximum Gasteiger partial charge on any atom is 0.316 e. The third-order valence-electron chi connectivity index (χ3n) is 6.92. The predicted octanol–water partition coefficient (Wildman–Crippen LogP) is 5.79. The van der Waals surface area contributed by atoms with Crippen LogP contribution in [0.5, 0.6) is 0 Å². The van der Waals surface area contributed by atoms with E-state index in [1.54, 1.807) is 11.1 Å². The van der Waals surface area contributed by atoms with Gasteiger partial charge in [0.15, 0.2) is 17.5 Å². The van der Waals surface area contributed by atoms with Gasteiger partial charge in [-0.1, -0.05) is 36.7 Å². The number of carbonyl (C=O) groups is 1. The lowest BCUT2D eigenvalue weighted by Gasteiger charge is -2.32. The second-order valence-electron chi connectivity index (χ2n) is 10.3. The van der Waals surface area contributed by atoms with Crippen molar-refractivity contribution >= 4 is 40.8 Å². The number of nitrogens with zero attached hydrogens (tertiary/aromatic N) is 6. The minimum Gasteiger partial charge on any atom is -0.334 e. The Kier molecular flexibility index (Phi) is 7.51. The molecule has 1 aromatic carbocycles. The van der Waals surface area contributed by atoms with Crippen LogP contribution < -0.4 is 10.6 Å². The molecule has 1 aliphatic rings. The van der Waals surface area contributed by atoms with Crippen LogP contribution in [-0.4, -0.2) is 54.2 Å². The van der Waals surface area contributed by atoms with E-state index in [0.29, 0.717) is 47.4 Å². The highest BCUT2D eigenvalue weighted by atomic mass is 35.5. The van der Waals surface area contributed by atoms with Crippen LogP contribution in [0.1, 0.15) is 77.4 Å². The zero-order valence-electron chi connectivity index (χ0n) is 22.7. The Balaban J connectivity index is 1.25. The molecule has 0 unspecified atom stereocenters. The van der Waals surface area contributed by atoms with Crippen molar-refractivity contribution in [1.29, 1.82) is 0 Å². The number of likely N-dealkylation sites (tertiary alicyclic amines) is 1. The van der Waals surface area contributed by atoms with Crippen molar-refractivity contribution in [3.63, 3.8) is 0 Å². The average Bonchev–Trinajstić information content (AvgIpc) is 3.57. The second-order valence-corrected chi connectivity index (χ2v) is 10.7. The van der Waals surface area contributed by atoms with Gasteiger partial charge in [0.2, 0.25) is 5.95 Å². The zero-order valence-corrected chi connectivity index (χ0v) is 23.4. The van der Waals surface area contributed by atoms with E-state index in [2.05, 4.69) is 66.9 Å². The van der Waals surface area contributed by atoms with Gasteiger partial charge in [-0.3, -0.25) is 9.89 Å². The van der Waals surface area contributed by atoms with Gasteiger partial charge in [0.05, 0.1) is 6.20 Å². The number of hydrogen-bond donors (Lipinski definition) is 3. The van der Waals surface area contributed by atoms with E-state index in [-0.39, 0.29) is 17.7 Å². The van der Waals surface area contributed by atoms with Crippen molar-refractivity contribution in [3.05, 3.63) is 63.5 Å². The second kappa shape index (κ2) is 11.0. The molecule has 0 radical (unpaired) electrons. The van der Waals surface area contributed by atoms with Crippen LogP contribution >= 0.6 is 11.6 Å². The number of piperidine rings is 1. The molecule has 0 aliphatic carbocycles. The van der Waals surface area contributed by atoms with Crippen molar-refractivity contribution in [2.24, 2.45) is 0 Å². The maximum atomic E-state index is 12.9. The zero-order chi connectivity index (χ0) is 27.7. The molecule has 1 saturated heterocycles. The quantitative estimate of drug-likeness (QED) is 0.261. The van der Waals surface area contributed by atoms with Crippen LogP contribution in [0.4, 0.5) is 23.3 Å². The maximum absolute atomic E-state index is 12.9. The monoisotopic (exact) mass is 549 g/mol. The van der Waals surface area contributed by atoms with Crippen LogP contribution in [-0.2, 0) is 0 Å². The van der Waals surface area contributed by atoms with E-state index < -0.39 is 0 Å². The summed E-state index contributed by atoms with van der Waals surface area (Å²) < 4.78 is 5.21. The molecule has 1 fully saturated rings. The first kappa shape index (κ1) is 26.6. The van der Waals surface area contributed by atoms with Crippen molar-refractivity contribution < 1.29 is 9.32 Å². The molecule has 0 atom stereocenters. The minimum absolute atomic E-state index is 0.0712. The van der Waals surface area contributed by atoms with Crippen LogP contribution in [0.15, 0.2) is 28.9 Å². The number of benzene rings is 1. The summed E-state index contributed by atoms with van der Waals surface area (Å²) in [7, 11) is 0. The molecule has 3 aromatic heterocycles. The summed E-state index contributed by atoms with van der Waals surface area (Å²) in [6.45, 7) is 11.3. The Hall–Kier alpha value is -3.99. The first-order valence-corrected chi connectivity index (χ1v) is 13.4. The fourth-order valence-corrected chi connectivity index (χ4v) is 4.88. The van der Waals surface area contributed by atoms with E-state index >= 15 is 0 Å². The number of aromatic nitrogens is 6. The fraction of sp³-hybridized carbons (Fsp3) is 0.407. The van der Waals surface area contributed by atoms with Crippen molar-refractivity contribution in [1.82, 2.24) is 35.2 Å².